The highest BCUT2D eigenvalue weighted by molar-refractivity contribution is 7.79. The molecule has 1 aliphatic heterocycles. The number of fused-ring (bicyclic) bond motifs is 2. The molecule has 4 aromatic rings. The Hall–Kier alpha value is -2.69. The smallest absolute Gasteiger partial charge is 0.158 e. The number of pyridine rings is 2. The van der Waals surface area contributed by atoms with Crippen LogP contribution in [-0.4, -0.2) is 63.6 Å². The number of hydrogen-bond acceptors (Lipinski definition) is 5. The second-order valence-electron chi connectivity index (χ2n) is 9.76. The SMILES string of the molecule is Cc1cc(-c2[nH]c3cc(F)c(C4CCN(CCCS(=O)O)CC4)nc3c2C(C)C)cn2ncnc12. The van der Waals surface area contributed by atoms with Crippen molar-refractivity contribution in [3.05, 3.63) is 47.3 Å². The lowest BCUT2D eigenvalue weighted by Crippen LogP contribution is -2.34. The number of piperidine rings is 1. The van der Waals surface area contributed by atoms with Crippen molar-refractivity contribution >= 4 is 27.8 Å². The van der Waals surface area contributed by atoms with Gasteiger partial charge in [0.25, 0.3) is 0 Å². The molecule has 35 heavy (non-hydrogen) atoms. The average molecular weight is 499 g/mol. The summed E-state index contributed by atoms with van der Waals surface area (Å²) in [5.74, 6) is 0.284. The second-order valence-corrected chi connectivity index (χ2v) is 10.8. The molecule has 8 nitrogen and oxygen atoms in total. The lowest BCUT2D eigenvalue weighted by molar-refractivity contribution is 0.210. The van der Waals surface area contributed by atoms with Crippen LogP contribution in [0.15, 0.2) is 24.7 Å². The van der Waals surface area contributed by atoms with Crippen LogP contribution in [0.2, 0.25) is 0 Å². The molecule has 0 bridgehead atoms. The fourth-order valence-corrected chi connectivity index (χ4v) is 5.65. The van der Waals surface area contributed by atoms with E-state index in [-0.39, 0.29) is 17.7 Å². The number of likely N-dealkylation sites (tertiary alicyclic amines) is 1. The summed E-state index contributed by atoms with van der Waals surface area (Å²) in [5.41, 5.74) is 6.91. The van der Waals surface area contributed by atoms with Crippen LogP contribution in [0.25, 0.3) is 27.9 Å². The molecule has 0 spiro atoms. The van der Waals surface area contributed by atoms with Gasteiger partial charge in [-0.3, -0.25) is 0 Å². The van der Waals surface area contributed by atoms with E-state index in [0.717, 1.165) is 66.0 Å². The van der Waals surface area contributed by atoms with E-state index in [1.54, 1.807) is 16.9 Å². The number of aromatic amines is 1. The topological polar surface area (TPSA) is 99.4 Å². The Kier molecular flexibility index (Phi) is 6.69. The summed E-state index contributed by atoms with van der Waals surface area (Å²) in [6, 6.07) is 3.68. The highest BCUT2D eigenvalue weighted by Gasteiger charge is 2.27. The molecule has 0 amide bonds. The molecule has 1 fully saturated rings. The average Bonchev–Trinajstić information content (AvgIpc) is 3.43. The maximum atomic E-state index is 15.3. The molecule has 0 radical (unpaired) electrons. The number of H-pyrrole nitrogens is 1. The standard InChI is InChI=1S/C25H31FN6O2S/c1-15(2)21-23(18-11-16(3)25-27-14-28-32(25)13-18)29-20-12-19(26)22(30-24(20)21)17-5-8-31(9-6-17)7-4-10-35(33)34/h11-15,17,29H,4-10H2,1-3H3,(H,33,34). The number of aromatic nitrogens is 5. The molecule has 5 heterocycles. The Morgan fingerprint density at radius 2 is 2.06 bits per heavy atom. The normalized spacial score (nSPS) is 16.6. The minimum Gasteiger partial charge on any atom is -0.353 e. The molecule has 10 heteroatoms. The number of nitrogens with zero attached hydrogens (tertiary/aromatic N) is 5. The van der Waals surface area contributed by atoms with Crippen molar-refractivity contribution in [2.24, 2.45) is 0 Å². The Labute approximate surface area is 206 Å². The Morgan fingerprint density at radius 1 is 1.29 bits per heavy atom. The van der Waals surface area contributed by atoms with Gasteiger partial charge in [0.05, 0.1) is 28.2 Å². The van der Waals surface area contributed by atoms with Crippen LogP contribution in [0.4, 0.5) is 4.39 Å². The van der Waals surface area contributed by atoms with E-state index in [2.05, 4.69) is 39.9 Å². The van der Waals surface area contributed by atoms with E-state index in [1.165, 1.54) is 0 Å². The van der Waals surface area contributed by atoms with Crippen molar-refractivity contribution < 1.29 is 13.2 Å². The predicted molar refractivity (Wildman–Crippen MR) is 136 cm³/mol. The highest BCUT2D eigenvalue weighted by atomic mass is 32.2. The van der Waals surface area contributed by atoms with Crippen LogP contribution in [0, 0.1) is 12.7 Å². The number of rotatable bonds is 7. The van der Waals surface area contributed by atoms with Gasteiger partial charge in [-0.2, -0.15) is 5.10 Å². The number of nitrogens with one attached hydrogen (secondary N) is 1. The minimum atomic E-state index is -1.74. The summed E-state index contributed by atoms with van der Waals surface area (Å²) in [6.07, 6.45) is 5.84. The number of aryl methyl sites for hydroxylation is 1. The molecule has 186 valence electrons. The first-order valence-electron chi connectivity index (χ1n) is 12.1. The molecular formula is C25H31FN6O2S. The molecule has 1 unspecified atom stereocenters. The van der Waals surface area contributed by atoms with Crippen molar-refractivity contribution in [1.29, 1.82) is 0 Å². The summed E-state index contributed by atoms with van der Waals surface area (Å²) in [5, 5.41) is 4.30. The molecule has 2 N–H and O–H groups in total. The van der Waals surface area contributed by atoms with E-state index in [9.17, 15) is 4.21 Å². The van der Waals surface area contributed by atoms with Gasteiger partial charge in [-0.05, 0) is 63.4 Å². The molecule has 0 saturated carbocycles. The Balaban J connectivity index is 1.46. The zero-order valence-corrected chi connectivity index (χ0v) is 21.1. The first kappa shape index (κ1) is 24.0. The van der Waals surface area contributed by atoms with Gasteiger partial charge in [0.1, 0.15) is 12.1 Å². The molecule has 1 atom stereocenters. The van der Waals surface area contributed by atoms with Gasteiger partial charge in [-0.25, -0.2) is 23.1 Å². The molecule has 4 aromatic heterocycles. The maximum absolute atomic E-state index is 15.3. The largest absolute Gasteiger partial charge is 0.353 e. The third-order valence-electron chi connectivity index (χ3n) is 6.98. The molecule has 5 rings (SSSR count). The molecule has 0 aromatic carbocycles. The molecule has 1 saturated heterocycles. The highest BCUT2D eigenvalue weighted by Crippen LogP contribution is 2.38. The summed E-state index contributed by atoms with van der Waals surface area (Å²) in [4.78, 5) is 15.0. The van der Waals surface area contributed by atoms with Gasteiger partial charge in [-0.15, -0.1) is 0 Å². The quantitative estimate of drug-likeness (QED) is 0.360. The second kappa shape index (κ2) is 9.75. The van der Waals surface area contributed by atoms with Crippen molar-refractivity contribution in [2.45, 2.75) is 51.9 Å². The van der Waals surface area contributed by atoms with Gasteiger partial charge in [0.2, 0.25) is 0 Å². The predicted octanol–water partition coefficient (Wildman–Crippen LogP) is 4.63. The van der Waals surface area contributed by atoms with E-state index in [4.69, 9.17) is 9.54 Å². The van der Waals surface area contributed by atoms with Crippen molar-refractivity contribution in [3.8, 4) is 11.3 Å². The lowest BCUT2D eigenvalue weighted by Gasteiger charge is -2.31. The zero-order valence-electron chi connectivity index (χ0n) is 20.3. The van der Waals surface area contributed by atoms with Crippen LogP contribution >= 0.6 is 0 Å². The van der Waals surface area contributed by atoms with E-state index < -0.39 is 11.1 Å². The van der Waals surface area contributed by atoms with Gasteiger partial charge in [-0.1, -0.05) is 13.8 Å². The monoisotopic (exact) mass is 498 g/mol. The molecular weight excluding hydrogens is 467 g/mol. The summed E-state index contributed by atoms with van der Waals surface area (Å²) in [6.45, 7) is 8.76. The van der Waals surface area contributed by atoms with Crippen molar-refractivity contribution in [3.63, 3.8) is 0 Å². The van der Waals surface area contributed by atoms with Crippen LogP contribution in [0.5, 0.6) is 0 Å². The first-order valence-corrected chi connectivity index (χ1v) is 13.4. The van der Waals surface area contributed by atoms with Crippen LogP contribution in [0.1, 0.15) is 61.8 Å². The summed E-state index contributed by atoms with van der Waals surface area (Å²) < 4.78 is 36.9. The van der Waals surface area contributed by atoms with Gasteiger partial charge in [0, 0.05) is 29.3 Å². The lowest BCUT2D eigenvalue weighted by atomic mass is 9.92. The molecule has 1 aliphatic rings. The van der Waals surface area contributed by atoms with E-state index >= 15 is 4.39 Å². The van der Waals surface area contributed by atoms with Gasteiger partial charge in [0.15, 0.2) is 16.7 Å². The first-order chi connectivity index (χ1) is 16.8. The Bertz CT molecular complexity index is 1390. The number of hydrogen-bond donors (Lipinski definition) is 2. The van der Waals surface area contributed by atoms with Crippen molar-refractivity contribution in [2.75, 3.05) is 25.4 Å². The minimum absolute atomic E-state index is 0.0646. The summed E-state index contributed by atoms with van der Waals surface area (Å²) in [7, 11) is 0. The van der Waals surface area contributed by atoms with Crippen LogP contribution < -0.4 is 0 Å². The van der Waals surface area contributed by atoms with E-state index in [1.807, 2.05) is 13.1 Å². The van der Waals surface area contributed by atoms with Gasteiger partial charge >= 0.3 is 0 Å². The number of halogens is 1. The fraction of sp³-hybridized carbons (Fsp3) is 0.480. The van der Waals surface area contributed by atoms with Crippen LogP contribution in [0.3, 0.4) is 0 Å². The van der Waals surface area contributed by atoms with Crippen molar-refractivity contribution in [1.82, 2.24) is 29.5 Å². The zero-order chi connectivity index (χ0) is 24.7. The maximum Gasteiger partial charge on any atom is 0.158 e. The van der Waals surface area contributed by atoms with E-state index in [0.29, 0.717) is 23.4 Å². The third-order valence-corrected chi connectivity index (χ3v) is 7.62. The van der Waals surface area contributed by atoms with Crippen LogP contribution in [-0.2, 0) is 11.1 Å². The van der Waals surface area contributed by atoms with Gasteiger partial charge < -0.3 is 14.4 Å². The fourth-order valence-electron chi connectivity index (χ4n) is 5.27. The molecule has 0 aliphatic carbocycles. The third kappa shape index (κ3) is 4.74. The Morgan fingerprint density at radius 3 is 2.77 bits per heavy atom. The summed E-state index contributed by atoms with van der Waals surface area (Å²) >= 11 is -1.74.